The van der Waals surface area contributed by atoms with E-state index >= 15 is 0 Å². The quantitative estimate of drug-likeness (QED) is 0.669. The third-order valence-corrected chi connectivity index (χ3v) is 1.52. The summed E-state index contributed by atoms with van der Waals surface area (Å²) in [6.07, 6.45) is 1.55. The number of carboxylic acids is 1. The SMILES string of the molecule is Cc1ccnc([C@@H](N)C(=O)O)c1. The third kappa shape index (κ3) is 1.79. The Morgan fingerprint density at radius 3 is 2.92 bits per heavy atom. The maximum absolute atomic E-state index is 10.4. The van der Waals surface area contributed by atoms with Crippen LogP contribution in [0.4, 0.5) is 0 Å². The van der Waals surface area contributed by atoms with Gasteiger partial charge in [0.15, 0.2) is 0 Å². The Hall–Kier alpha value is -1.42. The van der Waals surface area contributed by atoms with Crippen molar-refractivity contribution in [2.24, 2.45) is 5.73 Å². The molecule has 1 aromatic heterocycles. The summed E-state index contributed by atoms with van der Waals surface area (Å²) in [7, 11) is 0. The number of carboxylic acid groups (broad SMARTS) is 1. The monoisotopic (exact) mass is 166 g/mol. The lowest BCUT2D eigenvalue weighted by atomic mass is 10.1. The molecular formula is C8H10N2O2. The van der Waals surface area contributed by atoms with E-state index in [9.17, 15) is 4.79 Å². The van der Waals surface area contributed by atoms with Gasteiger partial charge in [0.2, 0.25) is 0 Å². The summed E-state index contributed by atoms with van der Waals surface area (Å²) >= 11 is 0. The van der Waals surface area contributed by atoms with Gasteiger partial charge < -0.3 is 10.8 Å². The minimum atomic E-state index is -1.06. The van der Waals surface area contributed by atoms with Gasteiger partial charge in [-0.3, -0.25) is 9.78 Å². The number of rotatable bonds is 2. The van der Waals surface area contributed by atoms with Crippen molar-refractivity contribution in [3.8, 4) is 0 Å². The van der Waals surface area contributed by atoms with Crippen LogP contribution in [0, 0.1) is 6.92 Å². The van der Waals surface area contributed by atoms with Crippen LogP contribution in [0.3, 0.4) is 0 Å². The number of aliphatic carboxylic acids is 1. The lowest BCUT2D eigenvalue weighted by molar-refractivity contribution is -0.138. The first kappa shape index (κ1) is 8.67. The second kappa shape index (κ2) is 3.32. The maximum Gasteiger partial charge on any atom is 0.326 e. The minimum Gasteiger partial charge on any atom is -0.480 e. The molecule has 0 bridgehead atoms. The molecule has 0 spiro atoms. The molecule has 3 N–H and O–H groups in total. The van der Waals surface area contributed by atoms with Crippen LogP contribution < -0.4 is 5.73 Å². The standard InChI is InChI=1S/C8H10N2O2/c1-5-2-3-10-6(4-5)7(9)8(11)12/h2-4,7H,9H2,1H3,(H,11,12)/t7-/m1/s1. The number of hydrogen-bond acceptors (Lipinski definition) is 3. The van der Waals surface area contributed by atoms with Gasteiger partial charge in [-0.2, -0.15) is 0 Å². The van der Waals surface area contributed by atoms with Crippen LogP contribution in [-0.2, 0) is 4.79 Å². The number of aromatic nitrogens is 1. The van der Waals surface area contributed by atoms with Gasteiger partial charge >= 0.3 is 5.97 Å². The highest BCUT2D eigenvalue weighted by atomic mass is 16.4. The first-order valence-electron chi connectivity index (χ1n) is 3.52. The molecular weight excluding hydrogens is 156 g/mol. The Morgan fingerprint density at radius 1 is 1.75 bits per heavy atom. The van der Waals surface area contributed by atoms with Gasteiger partial charge in [-0.15, -0.1) is 0 Å². The van der Waals surface area contributed by atoms with Gasteiger partial charge in [-0.25, -0.2) is 0 Å². The molecule has 0 unspecified atom stereocenters. The molecule has 0 aromatic carbocycles. The molecule has 0 fully saturated rings. The Morgan fingerprint density at radius 2 is 2.42 bits per heavy atom. The van der Waals surface area contributed by atoms with Gasteiger partial charge in [-0.1, -0.05) is 0 Å². The zero-order chi connectivity index (χ0) is 9.14. The summed E-state index contributed by atoms with van der Waals surface area (Å²) in [4.78, 5) is 14.3. The van der Waals surface area contributed by atoms with Crippen molar-refractivity contribution >= 4 is 5.97 Å². The molecule has 12 heavy (non-hydrogen) atoms. The van der Waals surface area contributed by atoms with Crippen molar-refractivity contribution in [3.63, 3.8) is 0 Å². The van der Waals surface area contributed by atoms with E-state index in [0.29, 0.717) is 5.69 Å². The predicted octanol–water partition coefficient (Wildman–Crippen LogP) is 0.474. The number of nitrogens with two attached hydrogens (primary N) is 1. The van der Waals surface area contributed by atoms with Crippen LogP contribution in [0.1, 0.15) is 17.3 Å². The molecule has 1 aromatic rings. The fourth-order valence-corrected chi connectivity index (χ4v) is 0.856. The van der Waals surface area contributed by atoms with Crippen LogP contribution in [0.5, 0.6) is 0 Å². The van der Waals surface area contributed by atoms with Crippen molar-refractivity contribution in [2.75, 3.05) is 0 Å². The first-order valence-corrected chi connectivity index (χ1v) is 3.52. The van der Waals surface area contributed by atoms with Crippen LogP contribution in [0.25, 0.3) is 0 Å². The first-order chi connectivity index (χ1) is 5.61. The molecule has 4 heteroatoms. The van der Waals surface area contributed by atoms with Crippen molar-refractivity contribution < 1.29 is 9.90 Å². The Balaban J connectivity index is 2.95. The number of nitrogens with zero attached hydrogens (tertiary/aromatic N) is 1. The molecule has 0 aliphatic heterocycles. The summed E-state index contributed by atoms with van der Waals surface area (Å²) < 4.78 is 0. The zero-order valence-electron chi connectivity index (χ0n) is 6.69. The molecule has 0 saturated carbocycles. The highest BCUT2D eigenvalue weighted by Gasteiger charge is 2.14. The summed E-state index contributed by atoms with van der Waals surface area (Å²) in [5.74, 6) is -1.06. The lowest BCUT2D eigenvalue weighted by Gasteiger charge is -2.05. The fraction of sp³-hybridized carbons (Fsp3) is 0.250. The van der Waals surface area contributed by atoms with Crippen LogP contribution in [0.15, 0.2) is 18.3 Å². The van der Waals surface area contributed by atoms with Crippen LogP contribution in [0.2, 0.25) is 0 Å². The van der Waals surface area contributed by atoms with Crippen molar-refractivity contribution in [2.45, 2.75) is 13.0 Å². The van der Waals surface area contributed by atoms with Gasteiger partial charge in [0, 0.05) is 6.20 Å². The van der Waals surface area contributed by atoms with Gasteiger partial charge in [-0.05, 0) is 24.6 Å². The highest BCUT2D eigenvalue weighted by Crippen LogP contribution is 2.08. The maximum atomic E-state index is 10.4. The van der Waals surface area contributed by atoms with Crippen LogP contribution >= 0.6 is 0 Å². The summed E-state index contributed by atoms with van der Waals surface area (Å²) in [5, 5.41) is 8.56. The second-order valence-electron chi connectivity index (χ2n) is 2.57. The summed E-state index contributed by atoms with van der Waals surface area (Å²) in [5.41, 5.74) is 6.69. The fourth-order valence-electron chi connectivity index (χ4n) is 0.856. The topological polar surface area (TPSA) is 76.2 Å². The average Bonchev–Trinajstić information content (AvgIpc) is 2.03. The Kier molecular flexibility index (Phi) is 2.40. The van der Waals surface area contributed by atoms with Gasteiger partial charge in [0.25, 0.3) is 0 Å². The number of aryl methyl sites for hydroxylation is 1. The third-order valence-electron chi connectivity index (χ3n) is 1.52. The molecule has 4 nitrogen and oxygen atoms in total. The molecule has 0 saturated heterocycles. The Labute approximate surface area is 70.0 Å². The van der Waals surface area contributed by atoms with Gasteiger partial charge in [0.05, 0.1) is 5.69 Å². The van der Waals surface area contributed by atoms with E-state index in [0.717, 1.165) is 5.56 Å². The smallest absolute Gasteiger partial charge is 0.326 e. The molecule has 0 aliphatic rings. The van der Waals surface area contributed by atoms with Crippen LogP contribution in [-0.4, -0.2) is 16.1 Å². The Bertz CT molecular complexity index is 299. The molecule has 0 radical (unpaired) electrons. The molecule has 0 aliphatic carbocycles. The normalized spacial score (nSPS) is 12.5. The largest absolute Gasteiger partial charge is 0.480 e. The predicted molar refractivity (Wildman–Crippen MR) is 43.5 cm³/mol. The zero-order valence-corrected chi connectivity index (χ0v) is 6.69. The highest BCUT2D eigenvalue weighted by molar-refractivity contribution is 5.74. The summed E-state index contributed by atoms with van der Waals surface area (Å²) in [6.45, 7) is 1.86. The minimum absolute atomic E-state index is 0.391. The number of hydrogen-bond donors (Lipinski definition) is 2. The second-order valence-corrected chi connectivity index (χ2v) is 2.57. The van der Waals surface area contributed by atoms with E-state index in [1.54, 1.807) is 18.3 Å². The summed E-state index contributed by atoms with van der Waals surface area (Å²) in [6, 6.07) is 2.43. The van der Waals surface area contributed by atoms with Crippen molar-refractivity contribution in [1.82, 2.24) is 4.98 Å². The van der Waals surface area contributed by atoms with E-state index in [-0.39, 0.29) is 0 Å². The van der Waals surface area contributed by atoms with E-state index in [1.807, 2.05) is 6.92 Å². The lowest BCUT2D eigenvalue weighted by Crippen LogP contribution is -2.21. The van der Waals surface area contributed by atoms with Crippen molar-refractivity contribution in [1.29, 1.82) is 0 Å². The number of carbonyl (C=O) groups is 1. The van der Waals surface area contributed by atoms with E-state index in [1.165, 1.54) is 0 Å². The van der Waals surface area contributed by atoms with Crippen molar-refractivity contribution in [3.05, 3.63) is 29.6 Å². The molecule has 1 heterocycles. The van der Waals surface area contributed by atoms with Gasteiger partial charge in [0.1, 0.15) is 6.04 Å². The molecule has 1 rings (SSSR count). The molecule has 0 amide bonds. The van der Waals surface area contributed by atoms with E-state index in [2.05, 4.69) is 4.98 Å². The average molecular weight is 166 g/mol. The molecule has 64 valence electrons. The van der Waals surface area contributed by atoms with E-state index in [4.69, 9.17) is 10.8 Å². The van der Waals surface area contributed by atoms with E-state index < -0.39 is 12.0 Å². The molecule has 1 atom stereocenters. The number of pyridine rings is 1.